The summed E-state index contributed by atoms with van der Waals surface area (Å²) in [7, 11) is 0. The van der Waals surface area contributed by atoms with E-state index in [-0.39, 0.29) is 5.41 Å². The summed E-state index contributed by atoms with van der Waals surface area (Å²) >= 11 is 5.66. The van der Waals surface area contributed by atoms with Crippen LogP contribution in [0.1, 0.15) is 45.4 Å². The van der Waals surface area contributed by atoms with Crippen LogP contribution in [0.15, 0.2) is 0 Å². The second-order valence-corrected chi connectivity index (χ2v) is 9.03. The smallest absolute Gasteiger partial charge is 0.176 e. The van der Waals surface area contributed by atoms with Crippen LogP contribution in [0.25, 0.3) is 0 Å². The van der Waals surface area contributed by atoms with Gasteiger partial charge in [0.1, 0.15) is 4.75 Å². The number of alkyl halides is 3. The molecule has 19 heavy (non-hydrogen) atoms. The summed E-state index contributed by atoms with van der Waals surface area (Å²) in [6.07, 6.45) is 1.31. The number of hydrogen-bond donors (Lipinski definition) is 1. The molecule has 0 nitrogen and oxygen atoms in total. The summed E-state index contributed by atoms with van der Waals surface area (Å²) in [6.45, 7) is 2.27. The van der Waals surface area contributed by atoms with Crippen molar-refractivity contribution < 1.29 is 13.2 Å². The summed E-state index contributed by atoms with van der Waals surface area (Å²) < 4.78 is 37.3. The second kappa shape index (κ2) is 4.49. The molecule has 0 radical (unpaired) electrons. The monoisotopic (exact) mass is 310 g/mol. The van der Waals surface area contributed by atoms with Crippen LogP contribution in [-0.2, 0) is 0 Å². The van der Waals surface area contributed by atoms with Crippen molar-refractivity contribution in [2.75, 3.05) is 5.75 Å². The van der Waals surface area contributed by atoms with Crippen LogP contribution in [0.3, 0.4) is 0 Å². The Morgan fingerprint density at radius 3 is 2.26 bits per heavy atom. The lowest BCUT2D eigenvalue weighted by Gasteiger charge is -2.48. The van der Waals surface area contributed by atoms with Crippen molar-refractivity contribution in [3.05, 3.63) is 0 Å². The van der Waals surface area contributed by atoms with E-state index in [0.29, 0.717) is 29.8 Å². The van der Waals surface area contributed by atoms with Gasteiger partial charge in [-0.2, -0.15) is 25.8 Å². The maximum Gasteiger partial charge on any atom is 0.403 e. The first-order valence-corrected chi connectivity index (χ1v) is 8.65. The van der Waals surface area contributed by atoms with E-state index in [1.165, 1.54) is 31.0 Å². The minimum Gasteiger partial charge on any atom is -0.176 e. The normalized spacial score (nSPS) is 43.7. The Morgan fingerprint density at radius 1 is 1.26 bits per heavy atom. The predicted molar refractivity (Wildman–Crippen MR) is 76.8 cm³/mol. The third-order valence-electron chi connectivity index (χ3n) is 5.44. The molecule has 5 heteroatoms. The fourth-order valence-electron chi connectivity index (χ4n) is 3.33. The van der Waals surface area contributed by atoms with Gasteiger partial charge < -0.3 is 0 Å². The van der Waals surface area contributed by atoms with Crippen LogP contribution in [0.4, 0.5) is 13.2 Å². The zero-order valence-electron chi connectivity index (χ0n) is 11.2. The topological polar surface area (TPSA) is 0 Å². The van der Waals surface area contributed by atoms with E-state index in [1.807, 2.05) is 0 Å². The van der Waals surface area contributed by atoms with Crippen LogP contribution >= 0.6 is 24.4 Å². The minimum absolute atomic E-state index is 0.289. The van der Waals surface area contributed by atoms with Gasteiger partial charge in [0.2, 0.25) is 0 Å². The number of thioether (sulfide) groups is 1. The van der Waals surface area contributed by atoms with Crippen LogP contribution in [-0.4, -0.2) is 21.9 Å². The first kappa shape index (κ1) is 14.4. The van der Waals surface area contributed by atoms with Gasteiger partial charge >= 0.3 is 6.18 Å². The molecule has 3 fully saturated rings. The van der Waals surface area contributed by atoms with Crippen molar-refractivity contribution in [2.45, 2.75) is 61.6 Å². The van der Waals surface area contributed by atoms with Crippen molar-refractivity contribution in [2.24, 2.45) is 17.3 Å². The fraction of sp³-hybridized carbons (Fsp3) is 1.00. The van der Waals surface area contributed by atoms with Gasteiger partial charge in [0.15, 0.2) is 0 Å². The molecule has 0 saturated heterocycles. The molecule has 0 N–H and O–H groups in total. The quantitative estimate of drug-likeness (QED) is 0.702. The average molecular weight is 310 g/mol. The van der Waals surface area contributed by atoms with Gasteiger partial charge in [-0.1, -0.05) is 6.92 Å². The molecule has 0 aromatic carbocycles. The number of thiol groups is 1. The van der Waals surface area contributed by atoms with Crippen LogP contribution in [0.2, 0.25) is 0 Å². The maximum atomic E-state index is 12.9. The van der Waals surface area contributed by atoms with E-state index in [1.54, 1.807) is 0 Å². The zero-order chi connectivity index (χ0) is 13.9. The first-order chi connectivity index (χ1) is 8.76. The molecule has 3 saturated carbocycles. The average Bonchev–Trinajstić information content (AvgIpc) is 3.16. The van der Waals surface area contributed by atoms with Gasteiger partial charge in [-0.15, -0.1) is 11.8 Å². The Balaban J connectivity index is 1.51. The van der Waals surface area contributed by atoms with Crippen LogP contribution in [0, 0.1) is 17.3 Å². The molecule has 0 aliphatic heterocycles. The van der Waals surface area contributed by atoms with E-state index in [9.17, 15) is 13.2 Å². The van der Waals surface area contributed by atoms with E-state index >= 15 is 0 Å². The highest BCUT2D eigenvalue weighted by atomic mass is 32.2. The molecule has 3 aliphatic rings. The second-order valence-electron chi connectivity index (χ2n) is 6.96. The predicted octanol–water partition coefficient (Wildman–Crippen LogP) is 4.94. The molecule has 0 aromatic rings. The highest BCUT2D eigenvalue weighted by Crippen LogP contribution is 2.62. The largest absolute Gasteiger partial charge is 0.403 e. The summed E-state index contributed by atoms with van der Waals surface area (Å²) in [5, 5.41) is 0.552. The number of rotatable bonds is 5. The number of halogens is 3. The van der Waals surface area contributed by atoms with Gasteiger partial charge in [0.25, 0.3) is 0 Å². The van der Waals surface area contributed by atoms with Crippen molar-refractivity contribution in [3.8, 4) is 0 Å². The summed E-state index contributed by atoms with van der Waals surface area (Å²) in [5.41, 5.74) is 0.289. The Hall–Kier alpha value is 0.490. The SMILES string of the molecule is CC1(CC2CC2S)CCC1CSC1(C(F)(F)F)CC1. The van der Waals surface area contributed by atoms with Crippen molar-refractivity contribution in [1.82, 2.24) is 0 Å². The Labute approximate surface area is 122 Å². The summed E-state index contributed by atoms with van der Waals surface area (Å²) in [5.74, 6) is 1.90. The van der Waals surface area contributed by atoms with Crippen molar-refractivity contribution >= 4 is 24.4 Å². The highest BCUT2D eigenvalue weighted by molar-refractivity contribution is 8.01. The lowest BCUT2D eigenvalue weighted by Crippen LogP contribution is -2.41. The van der Waals surface area contributed by atoms with Gasteiger partial charge in [-0.3, -0.25) is 0 Å². The Bertz CT molecular complexity index is 364. The van der Waals surface area contributed by atoms with Crippen molar-refractivity contribution in [3.63, 3.8) is 0 Å². The van der Waals surface area contributed by atoms with Gasteiger partial charge in [0.05, 0.1) is 0 Å². The van der Waals surface area contributed by atoms with E-state index in [0.717, 1.165) is 12.3 Å². The van der Waals surface area contributed by atoms with E-state index in [4.69, 9.17) is 0 Å². The van der Waals surface area contributed by atoms with E-state index in [2.05, 4.69) is 19.6 Å². The molecule has 4 atom stereocenters. The molecule has 0 amide bonds. The highest BCUT2D eigenvalue weighted by Gasteiger charge is 2.64. The third kappa shape index (κ3) is 2.66. The molecule has 0 aromatic heterocycles. The molecule has 0 bridgehead atoms. The molecule has 3 aliphatic carbocycles. The van der Waals surface area contributed by atoms with Gasteiger partial charge in [-0.25, -0.2) is 0 Å². The Kier molecular flexibility index (Phi) is 3.41. The van der Waals surface area contributed by atoms with Crippen LogP contribution < -0.4 is 0 Å². The fourth-order valence-corrected chi connectivity index (χ4v) is 5.35. The Morgan fingerprint density at radius 2 is 1.89 bits per heavy atom. The zero-order valence-corrected chi connectivity index (χ0v) is 12.9. The van der Waals surface area contributed by atoms with Gasteiger partial charge in [0, 0.05) is 5.25 Å². The van der Waals surface area contributed by atoms with Gasteiger partial charge in [-0.05, 0) is 61.5 Å². The molecular formula is C14H21F3S2. The first-order valence-electron chi connectivity index (χ1n) is 7.15. The molecular weight excluding hydrogens is 289 g/mol. The molecule has 0 spiro atoms. The number of hydrogen-bond acceptors (Lipinski definition) is 2. The minimum atomic E-state index is -4.01. The molecule has 110 valence electrons. The molecule has 0 heterocycles. The summed E-state index contributed by atoms with van der Waals surface area (Å²) in [4.78, 5) is 0. The van der Waals surface area contributed by atoms with E-state index < -0.39 is 10.9 Å². The van der Waals surface area contributed by atoms with Crippen molar-refractivity contribution in [1.29, 1.82) is 0 Å². The van der Waals surface area contributed by atoms with Crippen LogP contribution in [0.5, 0.6) is 0 Å². The lowest BCUT2D eigenvalue weighted by molar-refractivity contribution is -0.135. The molecule has 4 unspecified atom stereocenters. The molecule has 3 rings (SSSR count). The standard InChI is InChI=1S/C14H21F3S2/c1-12(7-9-6-11(9)18)3-2-10(12)8-19-13(4-5-13)14(15,16)17/h9-11,18H,2-8H2,1H3. The third-order valence-corrected chi connectivity index (χ3v) is 7.84. The lowest BCUT2D eigenvalue weighted by atomic mass is 9.59. The maximum absolute atomic E-state index is 12.9. The summed E-state index contributed by atoms with van der Waals surface area (Å²) in [6, 6.07) is 0.